The van der Waals surface area contributed by atoms with Gasteiger partial charge in [0.25, 0.3) is 0 Å². The van der Waals surface area contributed by atoms with E-state index in [-0.39, 0.29) is 36.3 Å². The number of hydrogen-bond acceptors (Lipinski definition) is 4. The van der Waals surface area contributed by atoms with Crippen molar-refractivity contribution >= 4 is 30.7 Å². The lowest BCUT2D eigenvalue weighted by Gasteiger charge is -2.42. The van der Waals surface area contributed by atoms with Gasteiger partial charge in [-0.3, -0.25) is 9.69 Å². The summed E-state index contributed by atoms with van der Waals surface area (Å²) in [5.41, 5.74) is 0.0773. The van der Waals surface area contributed by atoms with Gasteiger partial charge in [0.05, 0.1) is 13.2 Å². The number of amides is 1. The summed E-state index contributed by atoms with van der Waals surface area (Å²) in [6, 6.07) is 0. The smallest absolute Gasteiger partial charge is 0.221 e. The predicted molar refractivity (Wildman–Crippen MR) is 82.5 cm³/mol. The van der Waals surface area contributed by atoms with E-state index in [2.05, 4.69) is 29.4 Å². The van der Waals surface area contributed by atoms with Crippen molar-refractivity contribution in [2.75, 3.05) is 46.4 Å². The molecule has 0 radical (unpaired) electrons. The maximum Gasteiger partial charge on any atom is 0.221 e. The number of nitrogens with zero attached hydrogens (tertiary/aromatic N) is 1. The number of carbonyl (C=O) groups excluding carboxylic acids is 1. The molecule has 2 N–H and O–H groups in total. The maximum absolute atomic E-state index is 11.4. The quantitative estimate of drug-likeness (QED) is 0.756. The summed E-state index contributed by atoms with van der Waals surface area (Å²) in [7, 11) is 1.85. The highest BCUT2D eigenvalue weighted by molar-refractivity contribution is 5.85. The average molecular weight is 316 g/mol. The number of nitrogens with one attached hydrogen (secondary N) is 2. The number of halogens is 2. The molecule has 1 aliphatic rings. The third-order valence-corrected chi connectivity index (χ3v) is 3.12. The molecule has 0 bridgehead atoms. The highest BCUT2D eigenvalue weighted by atomic mass is 35.5. The SMILES string of the molecule is CNCCC(=O)NCCN1CCOCC1(C)C.Cl.Cl. The van der Waals surface area contributed by atoms with Crippen LogP contribution in [-0.2, 0) is 9.53 Å². The van der Waals surface area contributed by atoms with E-state index >= 15 is 0 Å². The van der Waals surface area contributed by atoms with E-state index in [1.165, 1.54) is 0 Å². The minimum absolute atomic E-state index is 0. The van der Waals surface area contributed by atoms with Gasteiger partial charge in [0, 0.05) is 38.1 Å². The Bertz CT molecular complexity index is 253. The Labute approximate surface area is 128 Å². The number of hydrogen-bond donors (Lipinski definition) is 2. The highest BCUT2D eigenvalue weighted by Crippen LogP contribution is 2.17. The lowest BCUT2D eigenvalue weighted by molar-refractivity contribution is -0.121. The molecule has 0 spiro atoms. The van der Waals surface area contributed by atoms with Crippen LogP contribution < -0.4 is 10.6 Å². The van der Waals surface area contributed by atoms with Crippen LogP contribution in [0.25, 0.3) is 0 Å². The predicted octanol–water partition coefficient (Wildman–Crippen LogP) is 0.666. The molecule has 0 atom stereocenters. The van der Waals surface area contributed by atoms with Crippen molar-refractivity contribution < 1.29 is 9.53 Å². The molecule has 1 saturated heterocycles. The van der Waals surface area contributed by atoms with Crippen molar-refractivity contribution in [1.29, 1.82) is 0 Å². The van der Waals surface area contributed by atoms with E-state index in [1.54, 1.807) is 0 Å². The number of morpholine rings is 1. The van der Waals surface area contributed by atoms with Crippen LogP contribution in [0.4, 0.5) is 0 Å². The highest BCUT2D eigenvalue weighted by Gasteiger charge is 2.29. The zero-order valence-electron chi connectivity index (χ0n) is 12.0. The molecule has 0 unspecified atom stereocenters. The molecular formula is C12H27Cl2N3O2. The van der Waals surface area contributed by atoms with Gasteiger partial charge < -0.3 is 15.4 Å². The van der Waals surface area contributed by atoms with Crippen molar-refractivity contribution in [3.63, 3.8) is 0 Å². The van der Waals surface area contributed by atoms with E-state index in [9.17, 15) is 4.79 Å². The second-order valence-corrected chi connectivity index (χ2v) is 5.06. The van der Waals surface area contributed by atoms with Crippen molar-refractivity contribution in [2.45, 2.75) is 25.8 Å². The van der Waals surface area contributed by atoms with Crippen LogP contribution in [0.5, 0.6) is 0 Å². The molecule has 0 saturated carbocycles. The van der Waals surface area contributed by atoms with E-state index in [0.29, 0.717) is 13.0 Å². The van der Waals surface area contributed by atoms with E-state index in [1.807, 2.05) is 7.05 Å². The fourth-order valence-corrected chi connectivity index (χ4v) is 1.96. The molecular weight excluding hydrogens is 289 g/mol. The second-order valence-electron chi connectivity index (χ2n) is 5.06. The summed E-state index contributed by atoms with van der Waals surface area (Å²) in [4.78, 5) is 13.8. The van der Waals surface area contributed by atoms with Gasteiger partial charge in [0.2, 0.25) is 5.91 Å². The van der Waals surface area contributed by atoms with Crippen molar-refractivity contribution in [3.8, 4) is 0 Å². The summed E-state index contributed by atoms with van der Waals surface area (Å²) >= 11 is 0. The Balaban J connectivity index is 0. The van der Waals surface area contributed by atoms with Gasteiger partial charge in [-0.25, -0.2) is 0 Å². The minimum atomic E-state index is 0. The number of carbonyl (C=O) groups is 1. The van der Waals surface area contributed by atoms with Crippen LogP contribution in [0, 0.1) is 0 Å². The Hall–Kier alpha value is -0.0700. The summed E-state index contributed by atoms with van der Waals surface area (Å²) in [6.45, 7) is 9.18. The summed E-state index contributed by atoms with van der Waals surface area (Å²) in [5.74, 6) is 0.116. The standard InChI is InChI=1S/C12H25N3O2.2ClH/c1-12(2)10-17-9-8-15(12)7-6-14-11(16)4-5-13-3;;/h13H,4-10H2,1-3H3,(H,14,16);2*1H. The van der Waals surface area contributed by atoms with Crippen LogP contribution in [0.2, 0.25) is 0 Å². The van der Waals surface area contributed by atoms with Gasteiger partial charge in [-0.15, -0.1) is 24.8 Å². The first-order valence-corrected chi connectivity index (χ1v) is 6.30. The van der Waals surface area contributed by atoms with Crippen LogP contribution in [0.15, 0.2) is 0 Å². The Kier molecular flexibility index (Phi) is 11.9. The molecule has 116 valence electrons. The molecule has 19 heavy (non-hydrogen) atoms. The Morgan fingerprint density at radius 3 is 2.58 bits per heavy atom. The Morgan fingerprint density at radius 1 is 1.32 bits per heavy atom. The largest absolute Gasteiger partial charge is 0.378 e. The molecule has 1 rings (SSSR count). The second kappa shape index (κ2) is 10.7. The molecule has 7 heteroatoms. The summed E-state index contributed by atoms with van der Waals surface area (Å²) in [6.07, 6.45) is 0.545. The molecule has 0 aromatic rings. The molecule has 1 fully saturated rings. The monoisotopic (exact) mass is 315 g/mol. The zero-order chi connectivity index (χ0) is 12.7. The summed E-state index contributed by atoms with van der Waals surface area (Å²) < 4.78 is 5.46. The van der Waals surface area contributed by atoms with Crippen LogP contribution in [-0.4, -0.2) is 62.8 Å². The van der Waals surface area contributed by atoms with E-state index < -0.39 is 0 Å². The molecule has 0 aliphatic carbocycles. The average Bonchev–Trinajstić information content (AvgIpc) is 2.28. The molecule has 0 aromatic heterocycles. The first kappa shape index (κ1) is 21.2. The topological polar surface area (TPSA) is 53.6 Å². The first-order valence-electron chi connectivity index (χ1n) is 6.30. The van der Waals surface area contributed by atoms with Gasteiger partial charge in [-0.2, -0.15) is 0 Å². The molecule has 1 aliphatic heterocycles. The fourth-order valence-electron chi connectivity index (χ4n) is 1.96. The summed E-state index contributed by atoms with van der Waals surface area (Å²) in [5, 5.41) is 5.90. The Morgan fingerprint density at radius 2 is 2.00 bits per heavy atom. The lowest BCUT2D eigenvalue weighted by atomic mass is 10.0. The van der Waals surface area contributed by atoms with Gasteiger partial charge in [0.15, 0.2) is 0 Å². The molecule has 1 amide bonds. The molecule has 0 aromatic carbocycles. The maximum atomic E-state index is 11.4. The van der Waals surface area contributed by atoms with Crippen molar-refractivity contribution in [1.82, 2.24) is 15.5 Å². The molecule has 1 heterocycles. The van der Waals surface area contributed by atoms with Crippen molar-refractivity contribution in [3.05, 3.63) is 0 Å². The van der Waals surface area contributed by atoms with Crippen LogP contribution in [0.3, 0.4) is 0 Å². The van der Waals surface area contributed by atoms with Gasteiger partial charge in [-0.1, -0.05) is 0 Å². The molecule has 5 nitrogen and oxygen atoms in total. The van der Waals surface area contributed by atoms with Gasteiger partial charge in [-0.05, 0) is 20.9 Å². The fraction of sp³-hybridized carbons (Fsp3) is 0.917. The number of ether oxygens (including phenoxy) is 1. The van der Waals surface area contributed by atoms with Crippen LogP contribution >= 0.6 is 24.8 Å². The normalized spacial score (nSPS) is 18.1. The van der Waals surface area contributed by atoms with E-state index in [0.717, 1.165) is 32.8 Å². The van der Waals surface area contributed by atoms with Gasteiger partial charge in [0.1, 0.15) is 0 Å². The van der Waals surface area contributed by atoms with E-state index in [4.69, 9.17) is 4.74 Å². The first-order chi connectivity index (χ1) is 8.06. The van der Waals surface area contributed by atoms with Gasteiger partial charge >= 0.3 is 0 Å². The number of rotatable bonds is 6. The van der Waals surface area contributed by atoms with Crippen molar-refractivity contribution in [2.24, 2.45) is 0 Å². The minimum Gasteiger partial charge on any atom is -0.378 e. The third-order valence-electron chi connectivity index (χ3n) is 3.12. The van der Waals surface area contributed by atoms with Crippen LogP contribution in [0.1, 0.15) is 20.3 Å². The lowest BCUT2D eigenvalue weighted by Crippen LogP contribution is -2.54. The zero-order valence-corrected chi connectivity index (χ0v) is 13.7. The third kappa shape index (κ3) is 7.95.